The molecule has 1 aliphatic heterocycles. The van der Waals surface area contributed by atoms with Gasteiger partial charge in [-0.25, -0.2) is 9.59 Å². The smallest absolute Gasteiger partial charge is 0.317 e. The number of urea groups is 2. The lowest BCUT2D eigenvalue weighted by molar-refractivity contribution is -0.0118. The van der Waals surface area contributed by atoms with Crippen molar-refractivity contribution in [3.05, 3.63) is 35.4 Å². The molecule has 2 aliphatic rings. The fourth-order valence-corrected chi connectivity index (χ4v) is 3.62. The molecule has 0 aromatic heterocycles. The van der Waals surface area contributed by atoms with E-state index in [9.17, 15) is 9.59 Å². The molecule has 7 heteroatoms. The summed E-state index contributed by atoms with van der Waals surface area (Å²) < 4.78 is 5.65. The molecule has 1 heterocycles. The maximum atomic E-state index is 12.7. The van der Waals surface area contributed by atoms with Gasteiger partial charge in [0.2, 0.25) is 0 Å². The van der Waals surface area contributed by atoms with Gasteiger partial charge in [-0.1, -0.05) is 24.3 Å². The summed E-state index contributed by atoms with van der Waals surface area (Å²) in [4.78, 5) is 25.8. The molecule has 2 unspecified atom stereocenters. The van der Waals surface area contributed by atoms with Crippen LogP contribution in [0.2, 0.25) is 0 Å². The predicted molar refractivity (Wildman–Crippen MR) is 99.2 cm³/mol. The van der Waals surface area contributed by atoms with Crippen molar-refractivity contribution in [1.82, 2.24) is 20.9 Å². The summed E-state index contributed by atoms with van der Waals surface area (Å²) in [6, 6.07) is 8.38. The molecule has 3 N–H and O–H groups in total. The summed E-state index contributed by atoms with van der Waals surface area (Å²) in [5, 5.41) is 8.43. The molecule has 2 atom stereocenters. The van der Waals surface area contributed by atoms with Crippen LogP contribution < -0.4 is 16.0 Å². The van der Waals surface area contributed by atoms with E-state index < -0.39 is 0 Å². The van der Waals surface area contributed by atoms with E-state index in [1.54, 1.807) is 11.9 Å². The second-order valence-corrected chi connectivity index (χ2v) is 6.91. The summed E-state index contributed by atoms with van der Waals surface area (Å²) in [5.41, 5.74) is 2.74. The molecule has 7 nitrogen and oxygen atoms in total. The first-order chi connectivity index (χ1) is 12.7. The van der Waals surface area contributed by atoms with Crippen LogP contribution >= 0.6 is 0 Å². The van der Waals surface area contributed by atoms with Gasteiger partial charge in [0.05, 0.1) is 19.3 Å². The Balaban J connectivity index is 1.52. The second-order valence-electron chi connectivity index (χ2n) is 6.91. The van der Waals surface area contributed by atoms with Crippen molar-refractivity contribution >= 4 is 12.1 Å². The molecule has 1 aliphatic carbocycles. The molecule has 3 rings (SSSR count). The minimum absolute atomic E-state index is 0.0392. The Morgan fingerprint density at radius 2 is 2.08 bits per heavy atom. The van der Waals surface area contributed by atoms with Crippen molar-refractivity contribution in [2.75, 3.05) is 33.3 Å². The van der Waals surface area contributed by atoms with Gasteiger partial charge in [-0.3, -0.25) is 0 Å². The van der Waals surface area contributed by atoms with Gasteiger partial charge in [-0.05, 0) is 36.8 Å². The van der Waals surface area contributed by atoms with Crippen LogP contribution in [0.3, 0.4) is 0 Å². The van der Waals surface area contributed by atoms with Crippen LogP contribution in [0, 0.1) is 0 Å². The van der Waals surface area contributed by atoms with Crippen LogP contribution in [0.4, 0.5) is 9.59 Å². The lowest BCUT2D eigenvalue weighted by atomic mass is 10.0. The number of carbonyl (C=O) groups excluding carboxylic acids is 2. The average molecular weight is 360 g/mol. The van der Waals surface area contributed by atoms with Gasteiger partial charge in [-0.15, -0.1) is 0 Å². The minimum Gasteiger partial charge on any atom is -0.373 e. The van der Waals surface area contributed by atoms with E-state index in [1.807, 2.05) is 0 Å². The van der Waals surface area contributed by atoms with Crippen molar-refractivity contribution in [3.63, 3.8) is 0 Å². The quantitative estimate of drug-likeness (QED) is 0.710. The van der Waals surface area contributed by atoms with Crippen LogP contribution in [0.1, 0.15) is 24.0 Å². The number of rotatable bonds is 3. The molecule has 4 amide bonds. The van der Waals surface area contributed by atoms with E-state index in [4.69, 9.17) is 4.74 Å². The molecule has 1 saturated heterocycles. The number of aryl methyl sites for hydroxylation is 1. The Kier molecular flexibility index (Phi) is 6.33. The number of nitrogens with one attached hydrogen (secondary N) is 3. The zero-order valence-corrected chi connectivity index (χ0v) is 15.3. The van der Waals surface area contributed by atoms with Crippen LogP contribution in [0.15, 0.2) is 24.3 Å². The number of amides is 4. The first-order valence-corrected chi connectivity index (χ1v) is 9.35. The Hall–Kier alpha value is -2.28. The third-order valence-corrected chi connectivity index (χ3v) is 5.05. The van der Waals surface area contributed by atoms with Crippen molar-refractivity contribution in [2.24, 2.45) is 0 Å². The average Bonchev–Trinajstić information content (AvgIpc) is 2.88. The highest BCUT2D eigenvalue weighted by atomic mass is 16.5. The molecular formula is C19H28N4O3. The topological polar surface area (TPSA) is 82.7 Å². The molecule has 1 aromatic carbocycles. The second kappa shape index (κ2) is 8.89. The maximum Gasteiger partial charge on any atom is 0.317 e. The molecule has 0 radical (unpaired) electrons. The summed E-state index contributed by atoms with van der Waals surface area (Å²) in [5.74, 6) is 0. The summed E-state index contributed by atoms with van der Waals surface area (Å²) in [6.07, 6.45) is 3.86. The van der Waals surface area contributed by atoms with Crippen LogP contribution in [-0.2, 0) is 17.6 Å². The standard InChI is InChI=1S/C19H28N4O3/c1-20-18(24)21-12-17-13-23(9-10-26-17)19(25)22-16-8-4-7-14-5-2-3-6-15(14)11-16/h2-3,5-6,16-17H,4,7-13H2,1H3,(H,22,25)(H2,20,21,24). The number of morpholine rings is 1. The van der Waals surface area contributed by atoms with Crippen LogP contribution in [0.5, 0.6) is 0 Å². The first-order valence-electron chi connectivity index (χ1n) is 9.35. The molecule has 1 fully saturated rings. The number of nitrogens with zero attached hydrogens (tertiary/aromatic N) is 1. The minimum atomic E-state index is -0.243. The van der Waals surface area contributed by atoms with Crippen molar-refractivity contribution in [2.45, 2.75) is 37.8 Å². The number of carbonyl (C=O) groups is 2. The van der Waals surface area contributed by atoms with Gasteiger partial charge in [0.25, 0.3) is 0 Å². The third-order valence-electron chi connectivity index (χ3n) is 5.05. The van der Waals surface area contributed by atoms with E-state index in [-0.39, 0.29) is 24.2 Å². The molecule has 142 valence electrons. The molecule has 0 spiro atoms. The predicted octanol–water partition coefficient (Wildman–Crippen LogP) is 1.27. The molecule has 0 saturated carbocycles. The summed E-state index contributed by atoms with van der Waals surface area (Å²) in [7, 11) is 1.57. The Labute approximate surface area is 154 Å². The van der Waals surface area contributed by atoms with Gasteiger partial charge >= 0.3 is 12.1 Å². The highest BCUT2D eigenvalue weighted by Crippen LogP contribution is 2.20. The lowest BCUT2D eigenvalue weighted by Gasteiger charge is -2.34. The van der Waals surface area contributed by atoms with E-state index in [1.165, 1.54) is 11.1 Å². The zero-order valence-electron chi connectivity index (χ0n) is 15.3. The molecule has 1 aromatic rings. The SMILES string of the molecule is CNC(=O)NCC1CN(C(=O)NC2CCCc3ccccc3C2)CCO1. The van der Waals surface area contributed by atoms with Gasteiger partial charge in [0.1, 0.15) is 0 Å². The van der Waals surface area contributed by atoms with Gasteiger partial charge in [0.15, 0.2) is 0 Å². The van der Waals surface area contributed by atoms with Crippen molar-refractivity contribution in [3.8, 4) is 0 Å². The highest BCUT2D eigenvalue weighted by molar-refractivity contribution is 5.75. The van der Waals surface area contributed by atoms with Crippen molar-refractivity contribution < 1.29 is 14.3 Å². The number of benzene rings is 1. The van der Waals surface area contributed by atoms with E-state index in [0.29, 0.717) is 26.2 Å². The number of ether oxygens (including phenoxy) is 1. The third kappa shape index (κ3) is 4.88. The largest absolute Gasteiger partial charge is 0.373 e. The molecule has 0 bridgehead atoms. The molecular weight excluding hydrogens is 332 g/mol. The van der Waals surface area contributed by atoms with Gasteiger partial charge in [-0.2, -0.15) is 0 Å². The van der Waals surface area contributed by atoms with Gasteiger partial charge in [0, 0.05) is 26.2 Å². The van der Waals surface area contributed by atoms with Gasteiger partial charge < -0.3 is 25.6 Å². The lowest BCUT2D eigenvalue weighted by Crippen LogP contribution is -2.54. The van der Waals surface area contributed by atoms with E-state index in [2.05, 4.69) is 40.2 Å². The van der Waals surface area contributed by atoms with Crippen LogP contribution in [-0.4, -0.2) is 62.4 Å². The normalized spacial score (nSPS) is 22.7. The number of hydrogen-bond acceptors (Lipinski definition) is 3. The monoisotopic (exact) mass is 360 g/mol. The fraction of sp³-hybridized carbons (Fsp3) is 0.579. The van der Waals surface area contributed by atoms with E-state index >= 15 is 0 Å². The first kappa shape index (κ1) is 18.5. The van der Waals surface area contributed by atoms with Crippen LogP contribution in [0.25, 0.3) is 0 Å². The molecule has 26 heavy (non-hydrogen) atoms. The van der Waals surface area contributed by atoms with Crippen molar-refractivity contribution in [1.29, 1.82) is 0 Å². The zero-order chi connectivity index (χ0) is 18.4. The number of fused-ring (bicyclic) bond motifs is 1. The number of hydrogen-bond donors (Lipinski definition) is 3. The maximum absolute atomic E-state index is 12.7. The van der Waals surface area contributed by atoms with E-state index in [0.717, 1.165) is 25.7 Å². The Morgan fingerprint density at radius 3 is 2.88 bits per heavy atom. The Bertz CT molecular complexity index is 637. The summed E-state index contributed by atoms with van der Waals surface area (Å²) >= 11 is 0. The summed E-state index contributed by atoms with van der Waals surface area (Å²) in [6.45, 7) is 1.94. The Morgan fingerprint density at radius 1 is 1.27 bits per heavy atom. The highest BCUT2D eigenvalue weighted by Gasteiger charge is 2.26. The fourth-order valence-electron chi connectivity index (χ4n) is 3.62.